The van der Waals surface area contributed by atoms with Gasteiger partial charge < -0.3 is 13.6 Å². The van der Waals surface area contributed by atoms with Crippen LogP contribution in [0, 0.1) is 0 Å². The number of thioether (sulfide) groups is 1. The van der Waals surface area contributed by atoms with Crippen LogP contribution in [0.4, 0.5) is 0 Å². The van der Waals surface area contributed by atoms with Crippen LogP contribution in [0.3, 0.4) is 0 Å². The predicted molar refractivity (Wildman–Crippen MR) is 102 cm³/mol. The van der Waals surface area contributed by atoms with Gasteiger partial charge in [0.15, 0.2) is 17.1 Å². The summed E-state index contributed by atoms with van der Waals surface area (Å²) in [6.45, 7) is 2.48. The molecule has 0 bridgehead atoms. The lowest BCUT2D eigenvalue weighted by molar-refractivity contribution is 0.338. The first-order chi connectivity index (χ1) is 12.7. The molecule has 1 aromatic carbocycles. The summed E-state index contributed by atoms with van der Waals surface area (Å²) >= 11 is 1.78. The quantitative estimate of drug-likeness (QED) is 0.624. The summed E-state index contributed by atoms with van der Waals surface area (Å²) in [5.74, 6) is 1.38. The van der Waals surface area contributed by atoms with E-state index in [-0.39, 0.29) is 5.89 Å². The van der Waals surface area contributed by atoms with Crippen LogP contribution in [-0.2, 0) is 5.88 Å². The van der Waals surface area contributed by atoms with Gasteiger partial charge in [0.25, 0.3) is 5.89 Å². The number of hydrogen-bond donors (Lipinski definition) is 0. The lowest BCUT2D eigenvalue weighted by Gasteiger charge is -2.20. The number of nitrogens with zero attached hydrogens (tertiary/aromatic N) is 2. The number of rotatable bonds is 6. The molecule has 0 radical (unpaired) electrons. The van der Waals surface area contributed by atoms with E-state index in [4.69, 9.17) is 13.6 Å². The van der Waals surface area contributed by atoms with Crippen LogP contribution in [0.1, 0.15) is 39.0 Å². The van der Waals surface area contributed by atoms with Gasteiger partial charge in [0, 0.05) is 10.6 Å². The Labute approximate surface area is 155 Å². The van der Waals surface area contributed by atoms with E-state index in [0.717, 1.165) is 5.39 Å². The highest BCUT2D eigenvalue weighted by Gasteiger charge is 2.19. The number of furan rings is 1. The van der Waals surface area contributed by atoms with Crippen molar-refractivity contribution in [3.8, 4) is 17.4 Å². The SMILES string of the molecule is CCOc1cccc2cc(-c3nn(CSC4CCCCC4)c(=O)o3)oc12. The maximum Gasteiger partial charge on any atom is 0.438 e. The zero-order valence-electron chi connectivity index (χ0n) is 14.8. The summed E-state index contributed by atoms with van der Waals surface area (Å²) in [6.07, 6.45) is 6.30. The van der Waals surface area contributed by atoms with Gasteiger partial charge in [-0.15, -0.1) is 16.9 Å². The van der Waals surface area contributed by atoms with Crippen molar-refractivity contribution in [3.63, 3.8) is 0 Å². The molecule has 1 fully saturated rings. The van der Waals surface area contributed by atoms with Crippen molar-refractivity contribution < 1.29 is 13.6 Å². The molecule has 0 spiro atoms. The number of ether oxygens (including phenoxy) is 1. The Bertz CT molecular complexity index is 937. The van der Waals surface area contributed by atoms with E-state index in [1.807, 2.05) is 31.2 Å². The van der Waals surface area contributed by atoms with E-state index >= 15 is 0 Å². The standard InChI is InChI=1S/C19H22N2O4S/c1-2-23-15-10-6-7-13-11-16(24-17(13)15)18-20-21(19(22)25-18)12-26-14-8-4-3-5-9-14/h6-7,10-11,14H,2-5,8-9,12H2,1H3. The molecular formula is C19H22N2O4S. The van der Waals surface area contributed by atoms with Crippen molar-refractivity contribution >= 4 is 22.7 Å². The average molecular weight is 374 g/mol. The van der Waals surface area contributed by atoms with Gasteiger partial charge >= 0.3 is 5.76 Å². The van der Waals surface area contributed by atoms with Crippen LogP contribution < -0.4 is 10.5 Å². The first kappa shape index (κ1) is 17.3. The van der Waals surface area contributed by atoms with Crippen molar-refractivity contribution in [1.29, 1.82) is 0 Å². The van der Waals surface area contributed by atoms with Crippen LogP contribution >= 0.6 is 11.8 Å². The molecule has 1 aliphatic carbocycles. The largest absolute Gasteiger partial charge is 0.490 e. The average Bonchev–Trinajstić information content (AvgIpc) is 3.25. The molecule has 2 heterocycles. The maximum atomic E-state index is 12.1. The van der Waals surface area contributed by atoms with Crippen LogP contribution in [0.2, 0.25) is 0 Å². The summed E-state index contributed by atoms with van der Waals surface area (Å²) in [5, 5.41) is 5.81. The normalized spacial score (nSPS) is 15.6. The third-order valence-electron chi connectivity index (χ3n) is 4.61. The molecule has 6 nitrogen and oxygen atoms in total. The Kier molecular flexibility index (Phi) is 5.06. The van der Waals surface area contributed by atoms with Crippen molar-refractivity contribution in [2.24, 2.45) is 0 Å². The molecule has 0 saturated heterocycles. The first-order valence-electron chi connectivity index (χ1n) is 9.10. The zero-order valence-corrected chi connectivity index (χ0v) is 15.6. The monoisotopic (exact) mass is 374 g/mol. The Morgan fingerprint density at radius 2 is 2.12 bits per heavy atom. The molecule has 0 amide bonds. The molecule has 4 rings (SSSR count). The predicted octanol–water partition coefficient (Wildman–Crippen LogP) is 4.67. The van der Waals surface area contributed by atoms with Gasteiger partial charge in [-0.1, -0.05) is 31.4 Å². The Morgan fingerprint density at radius 3 is 2.92 bits per heavy atom. The summed E-state index contributed by atoms with van der Waals surface area (Å²) in [7, 11) is 0. The first-order valence-corrected chi connectivity index (χ1v) is 10.1. The number of fused-ring (bicyclic) bond motifs is 1. The third-order valence-corrected chi connectivity index (χ3v) is 5.95. The third kappa shape index (κ3) is 3.53. The van der Waals surface area contributed by atoms with Crippen molar-refractivity contribution in [2.45, 2.75) is 50.2 Å². The van der Waals surface area contributed by atoms with Gasteiger partial charge in [-0.3, -0.25) is 0 Å². The topological polar surface area (TPSA) is 70.4 Å². The Balaban J connectivity index is 1.55. The highest BCUT2D eigenvalue weighted by molar-refractivity contribution is 7.98. The van der Waals surface area contributed by atoms with Gasteiger partial charge in [-0.2, -0.15) is 4.68 Å². The molecule has 0 atom stereocenters. The number of para-hydroxylation sites is 1. The van der Waals surface area contributed by atoms with Crippen LogP contribution in [0.5, 0.6) is 5.75 Å². The van der Waals surface area contributed by atoms with E-state index < -0.39 is 5.76 Å². The van der Waals surface area contributed by atoms with Gasteiger partial charge in [0.2, 0.25) is 0 Å². The molecule has 0 N–H and O–H groups in total. The van der Waals surface area contributed by atoms with Crippen LogP contribution in [-0.4, -0.2) is 21.6 Å². The molecule has 3 aromatic rings. The molecule has 2 aromatic heterocycles. The summed E-state index contributed by atoms with van der Waals surface area (Å²) in [5.41, 5.74) is 0.637. The lowest BCUT2D eigenvalue weighted by Crippen LogP contribution is -2.17. The second-order valence-corrected chi connectivity index (χ2v) is 7.70. The fourth-order valence-corrected chi connectivity index (χ4v) is 4.49. The van der Waals surface area contributed by atoms with Crippen molar-refractivity contribution in [1.82, 2.24) is 9.78 Å². The summed E-state index contributed by atoms with van der Waals surface area (Å²) in [6, 6.07) is 7.51. The smallest absolute Gasteiger partial charge is 0.438 e. The van der Waals surface area contributed by atoms with Gasteiger partial charge in [-0.05, 0) is 31.9 Å². The molecule has 1 aliphatic rings. The van der Waals surface area contributed by atoms with E-state index in [0.29, 0.717) is 34.8 Å². The second-order valence-electron chi connectivity index (χ2n) is 6.45. The molecule has 26 heavy (non-hydrogen) atoms. The van der Waals surface area contributed by atoms with Crippen LogP contribution in [0.15, 0.2) is 37.9 Å². The highest BCUT2D eigenvalue weighted by Crippen LogP contribution is 2.33. The number of hydrogen-bond acceptors (Lipinski definition) is 6. The van der Waals surface area contributed by atoms with E-state index in [2.05, 4.69) is 5.10 Å². The van der Waals surface area contributed by atoms with E-state index in [1.54, 1.807) is 11.8 Å². The van der Waals surface area contributed by atoms with Crippen molar-refractivity contribution in [3.05, 3.63) is 34.8 Å². The van der Waals surface area contributed by atoms with Crippen molar-refractivity contribution in [2.75, 3.05) is 6.61 Å². The number of benzene rings is 1. The minimum absolute atomic E-state index is 0.206. The minimum atomic E-state index is -0.450. The number of aromatic nitrogens is 2. The summed E-state index contributed by atoms with van der Waals surface area (Å²) in [4.78, 5) is 12.1. The molecule has 138 valence electrons. The molecule has 0 unspecified atom stereocenters. The zero-order chi connectivity index (χ0) is 17.9. The van der Waals surface area contributed by atoms with E-state index in [9.17, 15) is 4.79 Å². The molecule has 7 heteroatoms. The fraction of sp³-hybridized carbons (Fsp3) is 0.474. The molecule has 1 saturated carbocycles. The highest BCUT2D eigenvalue weighted by atomic mass is 32.2. The Hall–Kier alpha value is -2.15. The van der Waals surface area contributed by atoms with Gasteiger partial charge in [0.1, 0.15) is 0 Å². The van der Waals surface area contributed by atoms with Gasteiger partial charge in [-0.25, -0.2) is 4.79 Å². The maximum absolute atomic E-state index is 12.1. The van der Waals surface area contributed by atoms with E-state index in [1.165, 1.54) is 36.8 Å². The second kappa shape index (κ2) is 7.61. The molecule has 0 aliphatic heterocycles. The van der Waals surface area contributed by atoms with Gasteiger partial charge in [0.05, 0.1) is 12.5 Å². The molecular weight excluding hydrogens is 352 g/mol. The summed E-state index contributed by atoms with van der Waals surface area (Å²) < 4.78 is 18.1. The lowest BCUT2D eigenvalue weighted by atomic mass is 10.0. The van der Waals surface area contributed by atoms with Crippen LogP contribution in [0.25, 0.3) is 22.6 Å². The Morgan fingerprint density at radius 1 is 1.27 bits per heavy atom. The fourth-order valence-electron chi connectivity index (χ4n) is 3.31. The minimum Gasteiger partial charge on any atom is -0.490 e.